The van der Waals surface area contributed by atoms with Crippen molar-refractivity contribution in [2.75, 3.05) is 0 Å². The van der Waals surface area contributed by atoms with Crippen molar-refractivity contribution in [1.82, 2.24) is 14.1 Å². The summed E-state index contributed by atoms with van der Waals surface area (Å²) in [4.78, 5) is 4.89. The van der Waals surface area contributed by atoms with Crippen LogP contribution in [0.5, 0.6) is 0 Å². The number of para-hydroxylation sites is 1. The summed E-state index contributed by atoms with van der Waals surface area (Å²) >= 11 is 0. The zero-order valence-corrected chi connectivity index (χ0v) is 27.2. The molecule has 0 aliphatic carbocycles. The fourth-order valence-electron chi connectivity index (χ4n) is 7.61. The Balaban J connectivity index is 1.10. The molecule has 3 heterocycles. The SMILES string of the molecule is c1ccc(-c2ccc(-n3c4ccccc4c4cc(-c5ccc6c(c5)c5cccnc5n6-c5cccc(-c6ccccc6)c5)ccc43)cc2)cc1. The van der Waals surface area contributed by atoms with Crippen molar-refractivity contribution in [1.29, 1.82) is 0 Å². The van der Waals surface area contributed by atoms with Gasteiger partial charge in [-0.25, -0.2) is 4.98 Å². The highest BCUT2D eigenvalue weighted by atomic mass is 15.0. The third kappa shape index (κ3) is 4.56. The summed E-state index contributed by atoms with van der Waals surface area (Å²) in [6.07, 6.45) is 1.89. The minimum absolute atomic E-state index is 0.960. The highest BCUT2D eigenvalue weighted by molar-refractivity contribution is 6.12. The van der Waals surface area contributed by atoms with E-state index in [9.17, 15) is 0 Å². The normalized spacial score (nSPS) is 11.6. The van der Waals surface area contributed by atoms with Crippen molar-refractivity contribution in [2.45, 2.75) is 0 Å². The van der Waals surface area contributed by atoms with Gasteiger partial charge in [0.05, 0.1) is 16.6 Å². The second kappa shape index (κ2) is 11.5. The molecule has 3 heteroatoms. The van der Waals surface area contributed by atoms with Gasteiger partial charge in [-0.15, -0.1) is 0 Å². The number of benzene rings is 7. The summed E-state index contributed by atoms with van der Waals surface area (Å²) in [5, 5.41) is 4.83. The predicted molar refractivity (Wildman–Crippen MR) is 209 cm³/mol. The van der Waals surface area contributed by atoms with E-state index in [0.29, 0.717) is 0 Å². The van der Waals surface area contributed by atoms with Gasteiger partial charge in [-0.2, -0.15) is 0 Å². The number of hydrogen-bond acceptors (Lipinski definition) is 1. The van der Waals surface area contributed by atoms with Crippen LogP contribution in [0.4, 0.5) is 0 Å². The molecule has 7 aromatic carbocycles. The Morgan fingerprint density at radius 1 is 0.300 bits per heavy atom. The summed E-state index contributed by atoms with van der Waals surface area (Å²) in [6.45, 7) is 0. The molecule has 10 aromatic rings. The quantitative estimate of drug-likeness (QED) is 0.184. The fraction of sp³-hybridized carbons (Fsp3) is 0. The Bertz CT molecular complexity index is 2840. The van der Waals surface area contributed by atoms with Crippen LogP contribution in [0.15, 0.2) is 188 Å². The smallest absolute Gasteiger partial charge is 0.145 e. The largest absolute Gasteiger partial charge is 0.309 e. The Labute approximate surface area is 290 Å². The first-order valence-electron chi connectivity index (χ1n) is 17.0. The van der Waals surface area contributed by atoms with Crippen LogP contribution in [-0.2, 0) is 0 Å². The van der Waals surface area contributed by atoms with Crippen LogP contribution in [0.3, 0.4) is 0 Å². The van der Waals surface area contributed by atoms with Crippen LogP contribution in [0.25, 0.3) is 88.5 Å². The lowest BCUT2D eigenvalue weighted by Gasteiger charge is -2.11. The molecule has 50 heavy (non-hydrogen) atoms. The molecule has 0 N–H and O–H groups in total. The zero-order valence-electron chi connectivity index (χ0n) is 27.2. The van der Waals surface area contributed by atoms with E-state index in [-0.39, 0.29) is 0 Å². The topological polar surface area (TPSA) is 22.8 Å². The highest BCUT2D eigenvalue weighted by Crippen LogP contribution is 2.38. The first kappa shape index (κ1) is 28.3. The summed E-state index contributed by atoms with van der Waals surface area (Å²) in [6, 6.07) is 65.4. The van der Waals surface area contributed by atoms with Crippen molar-refractivity contribution in [3.63, 3.8) is 0 Å². The third-order valence-corrected chi connectivity index (χ3v) is 9.98. The molecule has 0 aliphatic heterocycles. The van der Waals surface area contributed by atoms with Gasteiger partial charge >= 0.3 is 0 Å². The van der Waals surface area contributed by atoms with Gasteiger partial charge in [0.25, 0.3) is 0 Å². The van der Waals surface area contributed by atoms with Crippen molar-refractivity contribution in [3.05, 3.63) is 188 Å². The highest BCUT2D eigenvalue weighted by Gasteiger charge is 2.17. The molecule has 0 unspecified atom stereocenters. The second-order valence-electron chi connectivity index (χ2n) is 12.9. The molecule has 0 radical (unpaired) electrons. The number of hydrogen-bond donors (Lipinski definition) is 0. The number of rotatable bonds is 5. The second-order valence-corrected chi connectivity index (χ2v) is 12.9. The van der Waals surface area contributed by atoms with E-state index in [1.165, 1.54) is 60.6 Å². The average molecular weight is 638 g/mol. The van der Waals surface area contributed by atoms with Gasteiger partial charge in [-0.3, -0.25) is 4.57 Å². The molecule has 0 atom stereocenters. The summed E-state index contributed by atoms with van der Waals surface area (Å²) in [5.74, 6) is 0. The van der Waals surface area contributed by atoms with Crippen LogP contribution < -0.4 is 0 Å². The number of fused-ring (bicyclic) bond motifs is 6. The molecule has 0 fully saturated rings. The van der Waals surface area contributed by atoms with Crippen LogP contribution in [0.2, 0.25) is 0 Å². The maximum Gasteiger partial charge on any atom is 0.145 e. The lowest BCUT2D eigenvalue weighted by molar-refractivity contribution is 1.14. The molecule has 0 saturated heterocycles. The molecular formula is C47H31N3. The molecule has 3 aromatic heterocycles. The van der Waals surface area contributed by atoms with Crippen molar-refractivity contribution < 1.29 is 0 Å². The molecule has 0 saturated carbocycles. The van der Waals surface area contributed by atoms with Crippen LogP contribution in [0, 0.1) is 0 Å². The number of aromatic nitrogens is 3. The monoisotopic (exact) mass is 637 g/mol. The third-order valence-electron chi connectivity index (χ3n) is 9.98. The Kier molecular flexibility index (Phi) is 6.49. The van der Waals surface area contributed by atoms with E-state index >= 15 is 0 Å². The predicted octanol–water partition coefficient (Wildman–Crippen LogP) is 12.3. The zero-order chi connectivity index (χ0) is 33.0. The molecule has 234 valence electrons. The first-order chi connectivity index (χ1) is 24.8. The molecule has 0 amide bonds. The molecular weight excluding hydrogens is 607 g/mol. The lowest BCUT2D eigenvalue weighted by Crippen LogP contribution is -1.95. The van der Waals surface area contributed by atoms with E-state index in [0.717, 1.165) is 27.9 Å². The molecule has 3 nitrogen and oxygen atoms in total. The van der Waals surface area contributed by atoms with Gasteiger partial charge in [0, 0.05) is 39.1 Å². The van der Waals surface area contributed by atoms with Crippen molar-refractivity contribution >= 4 is 43.7 Å². The molecule has 0 bridgehead atoms. The van der Waals surface area contributed by atoms with Crippen LogP contribution in [-0.4, -0.2) is 14.1 Å². The van der Waals surface area contributed by atoms with Crippen LogP contribution in [0.1, 0.15) is 0 Å². The first-order valence-corrected chi connectivity index (χ1v) is 17.0. The van der Waals surface area contributed by atoms with Gasteiger partial charge in [-0.1, -0.05) is 115 Å². The molecule has 0 aliphatic rings. The van der Waals surface area contributed by atoms with E-state index in [4.69, 9.17) is 4.98 Å². The van der Waals surface area contributed by atoms with Crippen molar-refractivity contribution in [3.8, 4) is 44.8 Å². The average Bonchev–Trinajstić information content (AvgIpc) is 3.71. The Morgan fingerprint density at radius 3 is 1.56 bits per heavy atom. The minimum Gasteiger partial charge on any atom is -0.309 e. The van der Waals surface area contributed by atoms with E-state index in [1.54, 1.807) is 0 Å². The van der Waals surface area contributed by atoms with Gasteiger partial charge in [0.1, 0.15) is 5.65 Å². The summed E-state index contributed by atoms with van der Waals surface area (Å²) in [5.41, 5.74) is 14.0. The summed E-state index contributed by atoms with van der Waals surface area (Å²) < 4.78 is 4.68. The Morgan fingerprint density at radius 2 is 0.820 bits per heavy atom. The van der Waals surface area contributed by atoms with E-state index in [1.807, 2.05) is 12.3 Å². The Hall–Kier alpha value is -6.71. The van der Waals surface area contributed by atoms with Crippen LogP contribution >= 0.6 is 0 Å². The fourth-order valence-corrected chi connectivity index (χ4v) is 7.61. The minimum atomic E-state index is 0.960. The van der Waals surface area contributed by atoms with E-state index < -0.39 is 0 Å². The lowest BCUT2D eigenvalue weighted by atomic mass is 10.0. The number of nitrogens with zero attached hydrogens (tertiary/aromatic N) is 3. The van der Waals surface area contributed by atoms with E-state index in [2.05, 4.69) is 185 Å². The number of pyridine rings is 1. The van der Waals surface area contributed by atoms with Gasteiger partial charge < -0.3 is 4.57 Å². The van der Waals surface area contributed by atoms with Gasteiger partial charge in [-0.05, 0) is 100 Å². The maximum absolute atomic E-state index is 4.89. The molecule has 10 rings (SSSR count). The summed E-state index contributed by atoms with van der Waals surface area (Å²) in [7, 11) is 0. The maximum atomic E-state index is 4.89. The van der Waals surface area contributed by atoms with Crippen molar-refractivity contribution in [2.24, 2.45) is 0 Å². The van der Waals surface area contributed by atoms with Gasteiger partial charge in [0.15, 0.2) is 0 Å². The van der Waals surface area contributed by atoms with Gasteiger partial charge in [0.2, 0.25) is 0 Å². The standard InChI is InChI=1S/C47H31N3/c1-3-11-32(12-4-1)34-20-24-38(25-21-34)49-44-19-8-7-17-40(44)42-30-36(22-26-45(42)49)37-23-27-46-43(31-37)41-18-10-28-48-47(41)50(46)39-16-9-15-35(29-39)33-13-5-2-6-14-33/h1-31H. The molecule has 0 spiro atoms.